The van der Waals surface area contributed by atoms with Gasteiger partial charge in [0, 0.05) is 12.8 Å². The van der Waals surface area contributed by atoms with Gasteiger partial charge < -0.3 is 9.84 Å². The zero-order valence-corrected chi connectivity index (χ0v) is 12.0. The maximum Gasteiger partial charge on any atom is 0.101 e. The summed E-state index contributed by atoms with van der Waals surface area (Å²) in [7, 11) is 0. The highest BCUT2D eigenvalue weighted by atomic mass is 16.5. The van der Waals surface area contributed by atoms with Crippen molar-refractivity contribution < 1.29 is 9.84 Å². The lowest BCUT2D eigenvalue weighted by atomic mass is 9.92. The molecular weight excluding hydrogens is 236 g/mol. The Balaban J connectivity index is 2.72. The van der Waals surface area contributed by atoms with Crippen molar-refractivity contribution in [3.63, 3.8) is 0 Å². The Labute approximate surface area is 116 Å². The van der Waals surface area contributed by atoms with Crippen LogP contribution in [0.2, 0.25) is 0 Å². The zero-order valence-electron chi connectivity index (χ0n) is 12.0. The molecule has 0 amide bonds. The quantitative estimate of drug-likeness (QED) is 0.600. The molecular formula is C17H24O2. The van der Waals surface area contributed by atoms with E-state index in [0.29, 0.717) is 13.0 Å². The van der Waals surface area contributed by atoms with Gasteiger partial charge in [0.1, 0.15) is 5.60 Å². The first-order valence-electron chi connectivity index (χ1n) is 6.99. The minimum atomic E-state index is -0.441. The molecule has 0 aromatic heterocycles. The number of benzene rings is 1. The van der Waals surface area contributed by atoms with E-state index in [-0.39, 0.29) is 6.61 Å². The molecule has 1 rings (SSSR count). The van der Waals surface area contributed by atoms with Gasteiger partial charge in [-0.1, -0.05) is 49.6 Å². The van der Waals surface area contributed by atoms with Crippen LogP contribution in [0.3, 0.4) is 0 Å². The van der Waals surface area contributed by atoms with Crippen molar-refractivity contribution in [1.82, 2.24) is 0 Å². The van der Waals surface area contributed by atoms with Crippen LogP contribution in [-0.2, 0) is 10.3 Å². The van der Waals surface area contributed by atoms with Crippen molar-refractivity contribution in [2.45, 2.75) is 45.1 Å². The van der Waals surface area contributed by atoms with E-state index in [4.69, 9.17) is 9.84 Å². The predicted octanol–water partition coefficient (Wildman–Crippen LogP) is 3.49. The molecule has 0 aliphatic rings. The van der Waals surface area contributed by atoms with E-state index in [1.54, 1.807) is 0 Å². The van der Waals surface area contributed by atoms with Crippen molar-refractivity contribution in [3.05, 3.63) is 35.9 Å². The van der Waals surface area contributed by atoms with Crippen molar-refractivity contribution in [1.29, 1.82) is 0 Å². The van der Waals surface area contributed by atoms with Crippen LogP contribution in [0, 0.1) is 11.8 Å². The number of unbranched alkanes of at least 4 members (excludes halogenated alkanes) is 2. The second kappa shape index (κ2) is 8.74. The summed E-state index contributed by atoms with van der Waals surface area (Å²) in [5, 5.41) is 8.96. The van der Waals surface area contributed by atoms with Crippen LogP contribution in [0.25, 0.3) is 0 Å². The van der Waals surface area contributed by atoms with Gasteiger partial charge in [-0.05, 0) is 18.9 Å². The first kappa shape index (κ1) is 15.8. The minimum Gasteiger partial charge on any atom is -0.394 e. The predicted molar refractivity (Wildman–Crippen MR) is 78.7 cm³/mol. The molecule has 104 valence electrons. The summed E-state index contributed by atoms with van der Waals surface area (Å²) in [6.07, 6.45) is 3.92. The molecule has 1 aromatic rings. The second-order valence-corrected chi connectivity index (χ2v) is 4.80. The van der Waals surface area contributed by atoms with Crippen LogP contribution >= 0.6 is 0 Å². The number of hydrogen-bond acceptors (Lipinski definition) is 2. The number of hydrogen-bond donors (Lipinski definition) is 1. The normalized spacial score (nSPS) is 13.4. The summed E-state index contributed by atoms with van der Waals surface area (Å²) < 4.78 is 5.82. The van der Waals surface area contributed by atoms with E-state index in [1.165, 1.54) is 6.42 Å². The van der Waals surface area contributed by atoms with Gasteiger partial charge in [-0.3, -0.25) is 0 Å². The molecule has 0 heterocycles. The third-order valence-electron chi connectivity index (χ3n) is 3.10. The van der Waals surface area contributed by atoms with Crippen LogP contribution < -0.4 is 0 Å². The second-order valence-electron chi connectivity index (χ2n) is 4.80. The van der Waals surface area contributed by atoms with Crippen molar-refractivity contribution in [2.24, 2.45) is 0 Å². The van der Waals surface area contributed by atoms with Gasteiger partial charge in [-0.25, -0.2) is 0 Å². The fourth-order valence-electron chi connectivity index (χ4n) is 1.88. The Kier molecular flexibility index (Phi) is 7.25. The topological polar surface area (TPSA) is 29.5 Å². The zero-order chi connectivity index (χ0) is 14.0. The minimum absolute atomic E-state index is 0.0334. The summed E-state index contributed by atoms with van der Waals surface area (Å²) in [6, 6.07) is 10.1. The lowest BCUT2D eigenvalue weighted by molar-refractivity contribution is -0.0468. The van der Waals surface area contributed by atoms with Crippen LogP contribution in [0.1, 0.15) is 45.1 Å². The molecule has 0 fully saturated rings. The highest BCUT2D eigenvalue weighted by Gasteiger charge is 2.26. The molecule has 0 radical (unpaired) electrons. The van der Waals surface area contributed by atoms with Crippen molar-refractivity contribution in [2.75, 3.05) is 13.2 Å². The Morgan fingerprint density at radius 2 is 1.95 bits per heavy atom. The molecule has 0 saturated heterocycles. The van der Waals surface area contributed by atoms with Crippen molar-refractivity contribution >= 4 is 0 Å². The molecule has 1 atom stereocenters. The van der Waals surface area contributed by atoms with E-state index in [0.717, 1.165) is 18.4 Å². The molecule has 2 nitrogen and oxygen atoms in total. The van der Waals surface area contributed by atoms with Gasteiger partial charge in [0.2, 0.25) is 0 Å². The highest BCUT2D eigenvalue weighted by Crippen LogP contribution is 2.28. The van der Waals surface area contributed by atoms with E-state index < -0.39 is 5.60 Å². The summed E-state index contributed by atoms with van der Waals surface area (Å²) >= 11 is 0. The first-order valence-corrected chi connectivity index (χ1v) is 6.99. The number of aliphatic hydroxyl groups excluding tert-OH is 1. The van der Waals surface area contributed by atoms with Gasteiger partial charge >= 0.3 is 0 Å². The molecule has 2 heteroatoms. The third kappa shape index (κ3) is 5.46. The average Bonchev–Trinajstić information content (AvgIpc) is 2.46. The summed E-state index contributed by atoms with van der Waals surface area (Å²) in [4.78, 5) is 0. The van der Waals surface area contributed by atoms with Gasteiger partial charge in [-0.2, -0.15) is 0 Å². The summed E-state index contributed by atoms with van der Waals surface area (Å²) in [5.41, 5.74) is 0.664. The highest BCUT2D eigenvalue weighted by molar-refractivity contribution is 5.24. The summed E-state index contributed by atoms with van der Waals surface area (Å²) in [5.74, 6) is 6.41. The first-order chi connectivity index (χ1) is 9.23. The van der Waals surface area contributed by atoms with E-state index in [2.05, 4.69) is 18.8 Å². The fraction of sp³-hybridized carbons (Fsp3) is 0.529. The van der Waals surface area contributed by atoms with E-state index in [1.807, 2.05) is 37.3 Å². The molecule has 1 unspecified atom stereocenters. The fourth-order valence-corrected chi connectivity index (χ4v) is 1.88. The van der Waals surface area contributed by atoms with Crippen LogP contribution in [0.15, 0.2) is 30.3 Å². The van der Waals surface area contributed by atoms with Gasteiger partial charge in [-0.15, -0.1) is 5.92 Å². The molecule has 0 saturated carbocycles. The molecule has 0 aliphatic carbocycles. The van der Waals surface area contributed by atoms with Gasteiger partial charge in [0.25, 0.3) is 0 Å². The Morgan fingerprint density at radius 3 is 2.58 bits per heavy atom. The molecule has 1 N–H and O–H groups in total. The molecule has 1 aromatic carbocycles. The van der Waals surface area contributed by atoms with Crippen LogP contribution in [-0.4, -0.2) is 18.3 Å². The van der Waals surface area contributed by atoms with Crippen molar-refractivity contribution in [3.8, 4) is 11.8 Å². The maximum absolute atomic E-state index is 8.96. The monoisotopic (exact) mass is 260 g/mol. The smallest absolute Gasteiger partial charge is 0.101 e. The van der Waals surface area contributed by atoms with Crippen LogP contribution in [0.4, 0.5) is 0 Å². The Bertz CT molecular complexity index is 402. The SMILES string of the molecule is CCCCC#CCC(C)(OCCO)c1ccccc1. The van der Waals surface area contributed by atoms with Crippen LogP contribution in [0.5, 0.6) is 0 Å². The average molecular weight is 260 g/mol. The Morgan fingerprint density at radius 1 is 1.21 bits per heavy atom. The summed E-state index contributed by atoms with van der Waals surface area (Å²) in [6.45, 7) is 4.57. The third-order valence-corrected chi connectivity index (χ3v) is 3.10. The molecule has 0 aliphatic heterocycles. The molecule has 0 spiro atoms. The molecule has 19 heavy (non-hydrogen) atoms. The van der Waals surface area contributed by atoms with Gasteiger partial charge in [0.05, 0.1) is 13.2 Å². The Hall–Kier alpha value is -1.30. The lowest BCUT2D eigenvalue weighted by Crippen LogP contribution is -2.27. The number of rotatable bonds is 7. The lowest BCUT2D eigenvalue weighted by Gasteiger charge is -2.28. The largest absolute Gasteiger partial charge is 0.394 e. The molecule has 0 bridgehead atoms. The van der Waals surface area contributed by atoms with Gasteiger partial charge in [0.15, 0.2) is 0 Å². The number of aliphatic hydroxyl groups is 1. The standard InChI is InChI=1S/C17H24O2/c1-3-4-5-6-10-13-17(2,19-15-14-18)16-11-8-7-9-12-16/h7-9,11-12,18H,3-5,13-15H2,1-2H3. The maximum atomic E-state index is 8.96. The number of ether oxygens (including phenoxy) is 1. The van der Waals surface area contributed by atoms with E-state index >= 15 is 0 Å². The van der Waals surface area contributed by atoms with E-state index in [9.17, 15) is 0 Å².